The molecule has 2 N–H and O–H groups in total. The Balaban J connectivity index is 2.37. The molecule has 106 valence electrons. The van der Waals surface area contributed by atoms with Crippen LogP contribution in [-0.2, 0) is 6.42 Å². The first-order chi connectivity index (χ1) is 9.51. The van der Waals surface area contributed by atoms with E-state index in [1.165, 1.54) is 0 Å². The molecule has 1 heterocycles. The molecule has 2 rings (SSSR count). The monoisotopic (exact) mass is 291 g/mol. The SMILES string of the molecule is CCCc1nc(N)c(C)c(Oc2ccc(C)cc2Cl)n1. The first-order valence-corrected chi connectivity index (χ1v) is 6.96. The van der Waals surface area contributed by atoms with Gasteiger partial charge in [-0.2, -0.15) is 4.98 Å². The standard InChI is InChI=1S/C15H18ClN3O/c1-4-5-13-18-14(17)10(3)15(19-13)20-12-7-6-9(2)8-11(12)16/h6-8H,4-5H2,1-3H3,(H2,17,18,19). The number of hydrogen-bond donors (Lipinski definition) is 1. The molecule has 0 atom stereocenters. The quantitative estimate of drug-likeness (QED) is 0.922. The van der Waals surface area contributed by atoms with E-state index in [1.54, 1.807) is 0 Å². The molecule has 0 fully saturated rings. The van der Waals surface area contributed by atoms with Crippen LogP contribution in [0.4, 0.5) is 5.82 Å². The molecule has 0 unspecified atom stereocenters. The number of nitrogens with two attached hydrogens (primary N) is 1. The summed E-state index contributed by atoms with van der Waals surface area (Å²) in [7, 11) is 0. The zero-order valence-electron chi connectivity index (χ0n) is 11.9. The van der Waals surface area contributed by atoms with E-state index in [0.29, 0.717) is 28.3 Å². The predicted octanol–water partition coefficient (Wildman–Crippen LogP) is 4.07. The molecule has 0 spiro atoms. The molecule has 0 bridgehead atoms. The largest absolute Gasteiger partial charge is 0.437 e. The fourth-order valence-electron chi connectivity index (χ4n) is 1.79. The van der Waals surface area contributed by atoms with Crippen LogP contribution in [0, 0.1) is 13.8 Å². The number of nitrogens with zero attached hydrogens (tertiary/aromatic N) is 2. The van der Waals surface area contributed by atoms with E-state index < -0.39 is 0 Å². The van der Waals surface area contributed by atoms with E-state index in [2.05, 4.69) is 16.9 Å². The van der Waals surface area contributed by atoms with Gasteiger partial charge in [-0.25, -0.2) is 4.98 Å². The molecule has 0 radical (unpaired) electrons. The normalized spacial score (nSPS) is 10.6. The van der Waals surface area contributed by atoms with Crippen molar-refractivity contribution in [3.05, 3.63) is 40.2 Å². The molecule has 0 amide bonds. The Morgan fingerprint density at radius 3 is 2.65 bits per heavy atom. The van der Waals surface area contributed by atoms with Gasteiger partial charge in [-0.1, -0.05) is 24.6 Å². The molecule has 1 aromatic carbocycles. The Kier molecular flexibility index (Phi) is 4.45. The average Bonchev–Trinajstić information content (AvgIpc) is 2.39. The number of halogens is 1. The van der Waals surface area contributed by atoms with Crippen molar-refractivity contribution in [3.63, 3.8) is 0 Å². The van der Waals surface area contributed by atoms with Crippen LogP contribution in [0.1, 0.15) is 30.3 Å². The van der Waals surface area contributed by atoms with Gasteiger partial charge in [-0.3, -0.25) is 0 Å². The van der Waals surface area contributed by atoms with Crippen molar-refractivity contribution < 1.29 is 4.74 Å². The van der Waals surface area contributed by atoms with Gasteiger partial charge in [0.25, 0.3) is 0 Å². The van der Waals surface area contributed by atoms with Crippen LogP contribution in [0.15, 0.2) is 18.2 Å². The fourth-order valence-corrected chi connectivity index (χ4v) is 2.06. The number of ether oxygens (including phenoxy) is 1. The molecule has 0 aliphatic rings. The van der Waals surface area contributed by atoms with Gasteiger partial charge < -0.3 is 10.5 Å². The summed E-state index contributed by atoms with van der Waals surface area (Å²) in [6.07, 6.45) is 1.72. The van der Waals surface area contributed by atoms with Gasteiger partial charge in [-0.15, -0.1) is 0 Å². The van der Waals surface area contributed by atoms with Crippen LogP contribution >= 0.6 is 11.6 Å². The Bertz CT molecular complexity index is 629. The highest BCUT2D eigenvalue weighted by Crippen LogP contribution is 2.31. The first kappa shape index (κ1) is 14.6. The van der Waals surface area contributed by atoms with E-state index in [-0.39, 0.29) is 0 Å². The maximum absolute atomic E-state index is 6.17. The van der Waals surface area contributed by atoms with Crippen LogP contribution in [0.5, 0.6) is 11.6 Å². The molecule has 20 heavy (non-hydrogen) atoms. The maximum Gasteiger partial charge on any atom is 0.227 e. The number of anilines is 1. The van der Waals surface area contributed by atoms with E-state index in [1.807, 2.05) is 32.0 Å². The summed E-state index contributed by atoms with van der Waals surface area (Å²) in [6, 6.07) is 5.62. The van der Waals surface area contributed by atoms with Crippen molar-refractivity contribution in [2.75, 3.05) is 5.73 Å². The fraction of sp³-hybridized carbons (Fsp3) is 0.333. The molecular formula is C15H18ClN3O. The van der Waals surface area contributed by atoms with Crippen molar-refractivity contribution in [2.45, 2.75) is 33.6 Å². The zero-order valence-corrected chi connectivity index (χ0v) is 12.7. The third kappa shape index (κ3) is 3.20. The number of rotatable bonds is 4. The molecule has 0 aliphatic carbocycles. The van der Waals surface area contributed by atoms with Crippen LogP contribution in [-0.4, -0.2) is 9.97 Å². The minimum absolute atomic E-state index is 0.446. The Hall–Kier alpha value is -1.81. The van der Waals surface area contributed by atoms with Crippen LogP contribution in [0.3, 0.4) is 0 Å². The van der Waals surface area contributed by atoms with E-state index in [4.69, 9.17) is 22.1 Å². The highest BCUT2D eigenvalue weighted by atomic mass is 35.5. The minimum atomic E-state index is 0.446. The van der Waals surface area contributed by atoms with Gasteiger partial charge in [0, 0.05) is 6.42 Å². The molecule has 0 aliphatic heterocycles. The smallest absolute Gasteiger partial charge is 0.227 e. The van der Waals surface area contributed by atoms with Gasteiger partial charge >= 0.3 is 0 Å². The summed E-state index contributed by atoms with van der Waals surface area (Å²) in [4.78, 5) is 8.66. The minimum Gasteiger partial charge on any atom is -0.437 e. The van der Waals surface area contributed by atoms with Gasteiger partial charge in [0.15, 0.2) is 0 Å². The molecular weight excluding hydrogens is 274 g/mol. The highest BCUT2D eigenvalue weighted by molar-refractivity contribution is 6.32. The second-order valence-corrected chi connectivity index (χ2v) is 5.15. The number of hydrogen-bond acceptors (Lipinski definition) is 4. The Morgan fingerprint density at radius 2 is 2.00 bits per heavy atom. The summed E-state index contributed by atoms with van der Waals surface area (Å²) in [6.45, 7) is 5.88. The van der Waals surface area contributed by atoms with E-state index >= 15 is 0 Å². The van der Waals surface area contributed by atoms with Crippen LogP contribution in [0.2, 0.25) is 5.02 Å². The number of aromatic nitrogens is 2. The summed E-state index contributed by atoms with van der Waals surface area (Å²) < 4.78 is 5.80. The van der Waals surface area contributed by atoms with Crippen molar-refractivity contribution in [1.29, 1.82) is 0 Å². The zero-order chi connectivity index (χ0) is 14.7. The van der Waals surface area contributed by atoms with E-state index in [9.17, 15) is 0 Å². The first-order valence-electron chi connectivity index (χ1n) is 6.58. The summed E-state index contributed by atoms with van der Waals surface area (Å²) in [5.41, 5.74) is 7.70. The number of aryl methyl sites for hydroxylation is 2. The van der Waals surface area contributed by atoms with Crippen molar-refractivity contribution in [1.82, 2.24) is 9.97 Å². The lowest BCUT2D eigenvalue weighted by Crippen LogP contribution is -2.05. The molecule has 4 nitrogen and oxygen atoms in total. The summed E-state index contributed by atoms with van der Waals surface area (Å²) in [5.74, 6) is 2.17. The predicted molar refractivity (Wildman–Crippen MR) is 81.4 cm³/mol. The van der Waals surface area contributed by atoms with Gasteiger partial charge in [0.1, 0.15) is 17.4 Å². The third-order valence-electron chi connectivity index (χ3n) is 2.95. The molecule has 2 aromatic rings. The Labute approximate surface area is 124 Å². The summed E-state index contributed by atoms with van der Waals surface area (Å²) >= 11 is 6.17. The van der Waals surface area contributed by atoms with Crippen LogP contribution in [0.25, 0.3) is 0 Å². The van der Waals surface area contributed by atoms with Gasteiger partial charge in [0.2, 0.25) is 5.88 Å². The molecule has 1 aromatic heterocycles. The number of benzene rings is 1. The van der Waals surface area contributed by atoms with Gasteiger partial charge in [-0.05, 0) is 38.0 Å². The molecule has 0 saturated heterocycles. The van der Waals surface area contributed by atoms with E-state index in [0.717, 1.165) is 24.0 Å². The third-order valence-corrected chi connectivity index (χ3v) is 3.25. The lowest BCUT2D eigenvalue weighted by molar-refractivity contribution is 0.455. The molecule has 5 heteroatoms. The van der Waals surface area contributed by atoms with Crippen LogP contribution < -0.4 is 10.5 Å². The van der Waals surface area contributed by atoms with Crippen molar-refractivity contribution in [2.24, 2.45) is 0 Å². The van der Waals surface area contributed by atoms with Crippen molar-refractivity contribution in [3.8, 4) is 11.6 Å². The molecule has 0 saturated carbocycles. The maximum atomic E-state index is 6.17. The average molecular weight is 292 g/mol. The number of nitrogen functional groups attached to an aromatic ring is 1. The lowest BCUT2D eigenvalue weighted by Gasteiger charge is -2.12. The van der Waals surface area contributed by atoms with Crippen molar-refractivity contribution >= 4 is 17.4 Å². The summed E-state index contributed by atoms with van der Waals surface area (Å²) in [5, 5.41) is 0.554. The van der Waals surface area contributed by atoms with Gasteiger partial charge in [0.05, 0.1) is 10.6 Å². The topological polar surface area (TPSA) is 61.0 Å². The second-order valence-electron chi connectivity index (χ2n) is 4.74. The second kappa shape index (κ2) is 6.09. The lowest BCUT2D eigenvalue weighted by atomic mass is 10.2. The highest BCUT2D eigenvalue weighted by Gasteiger charge is 2.12. The Morgan fingerprint density at radius 1 is 1.25 bits per heavy atom.